The van der Waals surface area contributed by atoms with Crippen LogP contribution in [0, 0.1) is 5.95 Å². The lowest BCUT2D eigenvalue weighted by Crippen LogP contribution is -2.23. The van der Waals surface area contributed by atoms with Gasteiger partial charge in [0.2, 0.25) is 11.9 Å². The molecule has 1 amide bonds. The van der Waals surface area contributed by atoms with Crippen LogP contribution in [0.5, 0.6) is 0 Å². The summed E-state index contributed by atoms with van der Waals surface area (Å²) in [7, 11) is 0. The van der Waals surface area contributed by atoms with Crippen LogP contribution in [-0.4, -0.2) is 23.5 Å². The number of aromatic nitrogens is 1. The van der Waals surface area contributed by atoms with Crippen molar-refractivity contribution in [3.63, 3.8) is 0 Å². The summed E-state index contributed by atoms with van der Waals surface area (Å²) in [6.45, 7) is 0.686. The van der Waals surface area contributed by atoms with Crippen molar-refractivity contribution >= 4 is 11.6 Å². The van der Waals surface area contributed by atoms with Crippen molar-refractivity contribution in [3.8, 4) is 0 Å². The predicted molar refractivity (Wildman–Crippen MR) is 58.5 cm³/mol. The van der Waals surface area contributed by atoms with Gasteiger partial charge in [-0.15, -0.1) is 0 Å². The summed E-state index contributed by atoms with van der Waals surface area (Å²) < 4.78 is 12.5. The van der Waals surface area contributed by atoms with Crippen molar-refractivity contribution in [1.82, 2.24) is 10.3 Å². The summed E-state index contributed by atoms with van der Waals surface area (Å²) in [5, 5.41) is 5.90. The highest BCUT2D eigenvalue weighted by atomic mass is 19.1. The van der Waals surface area contributed by atoms with E-state index in [1.54, 1.807) is 0 Å². The molecule has 1 aromatic heterocycles. The number of amides is 1. The molecule has 0 radical (unpaired) electrons. The van der Waals surface area contributed by atoms with Crippen molar-refractivity contribution in [1.29, 1.82) is 0 Å². The fraction of sp³-hybridized carbons (Fsp3) is 0.455. The standard InChI is InChI=1S/C11H14FN3O/c12-10-4-3-9(7-14-10)15-11(16)5-6-13-8-1-2-8/h3-4,7-8,13H,1-2,5-6H2,(H,15,16). The molecule has 0 aliphatic heterocycles. The van der Waals surface area contributed by atoms with Crippen LogP contribution in [0.2, 0.25) is 0 Å². The van der Waals surface area contributed by atoms with Gasteiger partial charge in [0.1, 0.15) is 0 Å². The predicted octanol–water partition coefficient (Wildman–Crippen LogP) is 1.30. The summed E-state index contributed by atoms with van der Waals surface area (Å²) >= 11 is 0. The molecule has 2 N–H and O–H groups in total. The van der Waals surface area contributed by atoms with Gasteiger partial charge in [-0.2, -0.15) is 4.39 Å². The minimum absolute atomic E-state index is 0.0819. The van der Waals surface area contributed by atoms with E-state index in [1.807, 2.05) is 0 Å². The van der Waals surface area contributed by atoms with Crippen LogP contribution in [0.3, 0.4) is 0 Å². The Labute approximate surface area is 93.3 Å². The quantitative estimate of drug-likeness (QED) is 0.740. The van der Waals surface area contributed by atoms with Crippen LogP contribution in [0.4, 0.5) is 10.1 Å². The maximum absolute atomic E-state index is 12.5. The summed E-state index contributed by atoms with van der Waals surface area (Å²) in [6.07, 6.45) is 4.16. The van der Waals surface area contributed by atoms with Gasteiger partial charge in [-0.3, -0.25) is 4.79 Å². The molecule has 1 aliphatic rings. The zero-order chi connectivity index (χ0) is 11.4. The lowest BCUT2D eigenvalue weighted by Gasteiger charge is -2.05. The highest BCUT2D eigenvalue weighted by Crippen LogP contribution is 2.18. The molecule has 1 saturated carbocycles. The third-order valence-electron chi connectivity index (χ3n) is 2.37. The summed E-state index contributed by atoms with van der Waals surface area (Å²) in [6, 6.07) is 3.33. The Morgan fingerprint density at radius 1 is 1.50 bits per heavy atom. The fourth-order valence-corrected chi connectivity index (χ4v) is 1.35. The number of hydrogen-bond acceptors (Lipinski definition) is 3. The van der Waals surface area contributed by atoms with Crippen LogP contribution in [0.1, 0.15) is 19.3 Å². The van der Waals surface area contributed by atoms with Crippen LogP contribution in [0.15, 0.2) is 18.3 Å². The number of carbonyl (C=O) groups is 1. The highest BCUT2D eigenvalue weighted by molar-refractivity contribution is 5.90. The van der Waals surface area contributed by atoms with Crippen molar-refractivity contribution in [3.05, 3.63) is 24.3 Å². The molecule has 0 bridgehead atoms. The summed E-state index contributed by atoms with van der Waals surface area (Å²) in [5.74, 6) is -0.630. The third-order valence-corrected chi connectivity index (χ3v) is 2.37. The number of nitrogens with zero attached hydrogens (tertiary/aromatic N) is 1. The number of hydrogen-bond donors (Lipinski definition) is 2. The van der Waals surface area contributed by atoms with Gasteiger partial charge < -0.3 is 10.6 Å². The number of halogens is 1. The Morgan fingerprint density at radius 2 is 2.31 bits per heavy atom. The molecule has 0 unspecified atom stereocenters. The molecule has 86 valence electrons. The van der Waals surface area contributed by atoms with Gasteiger partial charge in [-0.25, -0.2) is 4.98 Å². The average molecular weight is 223 g/mol. The van der Waals surface area contributed by atoms with Crippen LogP contribution < -0.4 is 10.6 Å². The molecule has 0 atom stereocenters. The van der Waals surface area contributed by atoms with Crippen LogP contribution in [-0.2, 0) is 4.79 Å². The monoisotopic (exact) mass is 223 g/mol. The molecular formula is C11H14FN3O. The van der Waals surface area contributed by atoms with E-state index < -0.39 is 5.95 Å². The molecule has 5 heteroatoms. The first-order valence-corrected chi connectivity index (χ1v) is 5.39. The number of anilines is 1. The van der Waals surface area contributed by atoms with E-state index in [-0.39, 0.29) is 5.91 Å². The zero-order valence-corrected chi connectivity index (χ0v) is 8.87. The maximum atomic E-state index is 12.5. The normalized spacial score (nSPS) is 14.8. The minimum Gasteiger partial charge on any atom is -0.325 e. The van der Waals surface area contributed by atoms with Crippen molar-refractivity contribution in [2.24, 2.45) is 0 Å². The summed E-state index contributed by atoms with van der Waals surface area (Å²) in [4.78, 5) is 14.9. The van der Waals surface area contributed by atoms with Crippen molar-refractivity contribution in [2.45, 2.75) is 25.3 Å². The molecule has 1 heterocycles. The van der Waals surface area contributed by atoms with E-state index in [2.05, 4.69) is 15.6 Å². The van der Waals surface area contributed by atoms with E-state index in [0.717, 1.165) is 0 Å². The largest absolute Gasteiger partial charge is 0.325 e. The first kappa shape index (κ1) is 11.0. The van der Waals surface area contributed by atoms with Crippen LogP contribution >= 0.6 is 0 Å². The molecular weight excluding hydrogens is 209 g/mol. The Morgan fingerprint density at radius 3 is 2.94 bits per heavy atom. The Kier molecular flexibility index (Phi) is 3.46. The molecule has 0 spiro atoms. The Hall–Kier alpha value is -1.49. The van der Waals surface area contributed by atoms with Crippen molar-refractivity contribution < 1.29 is 9.18 Å². The molecule has 16 heavy (non-hydrogen) atoms. The topological polar surface area (TPSA) is 54.0 Å². The first-order chi connectivity index (χ1) is 7.74. The molecule has 1 fully saturated rings. The lowest BCUT2D eigenvalue weighted by molar-refractivity contribution is -0.116. The minimum atomic E-state index is -0.548. The second kappa shape index (κ2) is 5.03. The van der Waals surface area contributed by atoms with Gasteiger partial charge in [-0.1, -0.05) is 0 Å². The lowest BCUT2D eigenvalue weighted by atomic mass is 10.3. The second-order valence-corrected chi connectivity index (χ2v) is 3.90. The van der Waals surface area contributed by atoms with Gasteiger partial charge >= 0.3 is 0 Å². The highest BCUT2D eigenvalue weighted by Gasteiger charge is 2.20. The van der Waals surface area contributed by atoms with Gasteiger partial charge in [-0.05, 0) is 25.0 Å². The fourth-order valence-electron chi connectivity index (χ4n) is 1.35. The number of rotatable bonds is 5. The molecule has 2 rings (SSSR count). The van der Waals surface area contributed by atoms with Crippen molar-refractivity contribution in [2.75, 3.05) is 11.9 Å². The van der Waals surface area contributed by atoms with E-state index in [1.165, 1.54) is 31.2 Å². The number of nitrogens with one attached hydrogen (secondary N) is 2. The Bertz CT molecular complexity index is 362. The molecule has 0 saturated heterocycles. The van der Waals surface area contributed by atoms with Gasteiger partial charge in [0.15, 0.2) is 0 Å². The van der Waals surface area contributed by atoms with Gasteiger partial charge in [0.25, 0.3) is 0 Å². The van der Waals surface area contributed by atoms with E-state index in [9.17, 15) is 9.18 Å². The van der Waals surface area contributed by atoms with Crippen LogP contribution in [0.25, 0.3) is 0 Å². The molecule has 4 nitrogen and oxygen atoms in total. The molecule has 0 aromatic carbocycles. The second-order valence-electron chi connectivity index (χ2n) is 3.90. The maximum Gasteiger partial charge on any atom is 0.225 e. The van der Waals surface area contributed by atoms with E-state index in [4.69, 9.17) is 0 Å². The van der Waals surface area contributed by atoms with Gasteiger partial charge in [0, 0.05) is 19.0 Å². The molecule has 1 aromatic rings. The summed E-state index contributed by atoms with van der Waals surface area (Å²) in [5.41, 5.74) is 0.526. The number of carbonyl (C=O) groups excluding carboxylic acids is 1. The van der Waals surface area contributed by atoms with E-state index in [0.29, 0.717) is 24.7 Å². The smallest absolute Gasteiger partial charge is 0.225 e. The van der Waals surface area contributed by atoms with Gasteiger partial charge in [0.05, 0.1) is 11.9 Å². The third kappa shape index (κ3) is 3.58. The average Bonchev–Trinajstić information content (AvgIpc) is 3.05. The molecule has 1 aliphatic carbocycles. The Balaban J connectivity index is 1.70. The number of pyridine rings is 1. The first-order valence-electron chi connectivity index (χ1n) is 5.39. The zero-order valence-electron chi connectivity index (χ0n) is 8.87. The van der Waals surface area contributed by atoms with E-state index >= 15 is 0 Å². The SMILES string of the molecule is O=C(CCNC1CC1)Nc1ccc(F)nc1.